The number of ether oxygens (including phenoxy) is 3. The van der Waals surface area contributed by atoms with Crippen LogP contribution in [-0.4, -0.2) is 58.0 Å². The van der Waals surface area contributed by atoms with E-state index in [1.54, 1.807) is 41.5 Å². The average molecular weight is 359 g/mol. The molecule has 1 fully saturated rings. The molecule has 0 radical (unpaired) electrons. The number of carboxylic acid groups (broad SMARTS) is 1. The van der Waals surface area contributed by atoms with Gasteiger partial charge in [-0.25, -0.2) is 14.4 Å². The molecular weight excluding hydrogens is 334 g/mol. The number of amides is 2. The maximum Gasteiger partial charge on any atom is 0.420 e. The standard InChI is InChI=1S/C16H25NO8/c1-14(2,3)24-12(21)17(13(22)25-15(4,5)6)16(11(20)23-7)8-9(16)10(18)19/h9H,8H2,1-7H3,(H,18,19)/t9-,16+/m1/s1. The molecule has 1 aliphatic carbocycles. The molecule has 0 bridgehead atoms. The molecule has 1 aliphatic rings. The monoisotopic (exact) mass is 359 g/mol. The van der Waals surface area contributed by atoms with E-state index in [9.17, 15) is 24.3 Å². The number of imide groups is 1. The summed E-state index contributed by atoms with van der Waals surface area (Å²) in [5.74, 6) is -3.64. The molecule has 1 saturated carbocycles. The van der Waals surface area contributed by atoms with Crippen molar-refractivity contribution in [1.82, 2.24) is 4.90 Å². The zero-order valence-corrected chi connectivity index (χ0v) is 15.5. The quantitative estimate of drug-likeness (QED) is 0.601. The molecule has 0 heterocycles. The van der Waals surface area contributed by atoms with Gasteiger partial charge in [-0.2, -0.15) is 4.90 Å². The Balaban J connectivity index is 3.34. The molecule has 9 nitrogen and oxygen atoms in total. The van der Waals surface area contributed by atoms with Gasteiger partial charge in [0.15, 0.2) is 5.54 Å². The third-order valence-corrected chi connectivity index (χ3v) is 3.32. The number of carbonyl (C=O) groups is 4. The Hall–Kier alpha value is -2.32. The van der Waals surface area contributed by atoms with Gasteiger partial charge >= 0.3 is 24.1 Å². The fourth-order valence-electron chi connectivity index (χ4n) is 2.30. The fourth-order valence-corrected chi connectivity index (χ4v) is 2.30. The van der Waals surface area contributed by atoms with E-state index in [0.717, 1.165) is 7.11 Å². The van der Waals surface area contributed by atoms with E-state index in [-0.39, 0.29) is 6.42 Å². The van der Waals surface area contributed by atoms with Gasteiger partial charge < -0.3 is 19.3 Å². The van der Waals surface area contributed by atoms with Gasteiger partial charge in [0.25, 0.3) is 0 Å². The topological polar surface area (TPSA) is 119 Å². The zero-order valence-electron chi connectivity index (χ0n) is 15.5. The Morgan fingerprint density at radius 1 is 0.960 bits per heavy atom. The Morgan fingerprint density at radius 2 is 1.36 bits per heavy atom. The van der Waals surface area contributed by atoms with Crippen LogP contribution in [0.5, 0.6) is 0 Å². The second-order valence-corrected chi connectivity index (χ2v) is 7.81. The second-order valence-electron chi connectivity index (χ2n) is 7.81. The minimum atomic E-state index is -1.98. The van der Waals surface area contributed by atoms with E-state index < -0.39 is 46.8 Å². The third kappa shape index (κ3) is 4.61. The molecule has 0 aromatic carbocycles. The van der Waals surface area contributed by atoms with Crippen molar-refractivity contribution in [1.29, 1.82) is 0 Å². The van der Waals surface area contributed by atoms with Crippen LogP contribution in [0, 0.1) is 5.92 Å². The molecular formula is C16H25NO8. The van der Waals surface area contributed by atoms with Crippen molar-refractivity contribution < 1.29 is 38.5 Å². The average Bonchev–Trinajstić information content (AvgIpc) is 3.10. The number of hydrogen-bond acceptors (Lipinski definition) is 7. The first-order chi connectivity index (χ1) is 11.2. The first-order valence-corrected chi connectivity index (χ1v) is 7.73. The first kappa shape index (κ1) is 20.7. The fraction of sp³-hybridized carbons (Fsp3) is 0.750. The van der Waals surface area contributed by atoms with Gasteiger partial charge in [-0.05, 0) is 48.0 Å². The summed E-state index contributed by atoms with van der Waals surface area (Å²) in [5.41, 5.74) is -3.92. The SMILES string of the molecule is COC(=O)[C@]1(N(C(=O)OC(C)(C)C)C(=O)OC(C)(C)C)C[C@@H]1C(=O)O. The molecule has 142 valence electrons. The van der Waals surface area contributed by atoms with Crippen LogP contribution in [0.3, 0.4) is 0 Å². The van der Waals surface area contributed by atoms with Crippen molar-refractivity contribution in [2.45, 2.75) is 64.7 Å². The Bertz CT molecular complexity index is 558. The number of hydrogen-bond donors (Lipinski definition) is 1. The van der Waals surface area contributed by atoms with Gasteiger partial charge in [0.2, 0.25) is 0 Å². The molecule has 0 spiro atoms. The van der Waals surface area contributed by atoms with Gasteiger partial charge in [0.1, 0.15) is 11.2 Å². The van der Waals surface area contributed by atoms with Crippen molar-refractivity contribution in [3.8, 4) is 0 Å². The van der Waals surface area contributed by atoms with Crippen LogP contribution >= 0.6 is 0 Å². The maximum atomic E-state index is 12.6. The van der Waals surface area contributed by atoms with Crippen molar-refractivity contribution in [2.75, 3.05) is 7.11 Å². The van der Waals surface area contributed by atoms with Crippen molar-refractivity contribution >= 4 is 24.1 Å². The maximum absolute atomic E-state index is 12.6. The summed E-state index contributed by atoms with van der Waals surface area (Å²) in [6, 6.07) is 0. The van der Waals surface area contributed by atoms with Crippen LogP contribution in [0.4, 0.5) is 9.59 Å². The van der Waals surface area contributed by atoms with Crippen LogP contribution in [-0.2, 0) is 23.8 Å². The minimum Gasteiger partial charge on any atom is -0.481 e. The molecule has 0 aliphatic heterocycles. The van der Waals surface area contributed by atoms with E-state index >= 15 is 0 Å². The van der Waals surface area contributed by atoms with E-state index in [4.69, 9.17) is 9.47 Å². The van der Waals surface area contributed by atoms with Crippen LogP contribution in [0.15, 0.2) is 0 Å². The molecule has 25 heavy (non-hydrogen) atoms. The van der Waals surface area contributed by atoms with Crippen LogP contribution in [0.25, 0.3) is 0 Å². The normalized spacial score (nSPS) is 22.6. The van der Waals surface area contributed by atoms with Crippen LogP contribution < -0.4 is 0 Å². The van der Waals surface area contributed by atoms with Gasteiger partial charge in [-0.3, -0.25) is 4.79 Å². The predicted molar refractivity (Wildman–Crippen MR) is 84.8 cm³/mol. The van der Waals surface area contributed by atoms with E-state index in [1.165, 1.54) is 0 Å². The molecule has 9 heteroatoms. The predicted octanol–water partition coefficient (Wildman–Crippen LogP) is 2.17. The second kappa shape index (κ2) is 6.53. The summed E-state index contributed by atoms with van der Waals surface area (Å²) in [6.45, 7) is 9.44. The Labute approximate surface area is 146 Å². The lowest BCUT2D eigenvalue weighted by Crippen LogP contribution is -2.55. The molecule has 2 amide bonds. The number of methoxy groups -OCH3 is 1. The molecule has 0 saturated heterocycles. The van der Waals surface area contributed by atoms with Crippen LogP contribution in [0.1, 0.15) is 48.0 Å². The smallest absolute Gasteiger partial charge is 0.420 e. The molecule has 2 atom stereocenters. The Morgan fingerprint density at radius 3 is 1.60 bits per heavy atom. The van der Waals surface area contributed by atoms with Gasteiger partial charge in [-0.1, -0.05) is 0 Å². The van der Waals surface area contributed by atoms with E-state index in [0.29, 0.717) is 4.90 Å². The molecule has 0 aromatic heterocycles. The number of carbonyl (C=O) groups excluding carboxylic acids is 3. The number of aliphatic carboxylic acids is 1. The van der Waals surface area contributed by atoms with Gasteiger partial charge in [0, 0.05) is 0 Å². The zero-order chi connectivity index (χ0) is 19.8. The van der Waals surface area contributed by atoms with E-state index in [1.807, 2.05) is 0 Å². The molecule has 1 rings (SSSR count). The lowest BCUT2D eigenvalue weighted by molar-refractivity contribution is -0.152. The lowest BCUT2D eigenvalue weighted by Gasteiger charge is -2.32. The van der Waals surface area contributed by atoms with Gasteiger partial charge in [0.05, 0.1) is 13.0 Å². The molecule has 0 unspecified atom stereocenters. The van der Waals surface area contributed by atoms with Crippen molar-refractivity contribution in [3.63, 3.8) is 0 Å². The summed E-state index contributed by atoms with van der Waals surface area (Å²) < 4.78 is 15.0. The highest BCUT2D eigenvalue weighted by Gasteiger charge is 2.73. The number of rotatable bonds is 3. The van der Waals surface area contributed by atoms with Crippen molar-refractivity contribution in [2.24, 2.45) is 5.92 Å². The highest BCUT2D eigenvalue weighted by Crippen LogP contribution is 2.50. The summed E-state index contributed by atoms with van der Waals surface area (Å²) >= 11 is 0. The first-order valence-electron chi connectivity index (χ1n) is 7.73. The third-order valence-electron chi connectivity index (χ3n) is 3.32. The molecule has 1 N–H and O–H groups in total. The molecule has 0 aromatic rings. The summed E-state index contributed by atoms with van der Waals surface area (Å²) in [4.78, 5) is 49.2. The summed E-state index contributed by atoms with van der Waals surface area (Å²) in [6.07, 6.45) is -2.61. The number of carboxylic acids is 1. The highest BCUT2D eigenvalue weighted by molar-refractivity contribution is 6.03. The highest BCUT2D eigenvalue weighted by atomic mass is 16.6. The lowest BCUT2D eigenvalue weighted by atomic mass is 10.1. The van der Waals surface area contributed by atoms with Crippen molar-refractivity contribution in [3.05, 3.63) is 0 Å². The minimum absolute atomic E-state index is 0.270. The summed E-state index contributed by atoms with van der Waals surface area (Å²) in [5, 5.41) is 9.27. The largest absolute Gasteiger partial charge is 0.481 e. The van der Waals surface area contributed by atoms with Gasteiger partial charge in [-0.15, -0.1) is 0 Å². The van der Waals surface area contributed by atoms with Crippen LogP contribution in [0.2, 0.25) is 0 Å². The summed E-state index contributed by atoms with van der Waals surface area (Å²) in [7, 11) is 1.05. The van der Waals surface area contributed by atoms with E-state index in [2.05, 4.69) is 4.74 Å². The Kier molecular flexibility index (Phi) is 5.41. The number of esters is 1. The number of nitrogens with zero attached hydrogens (tertiary/aromatic N) is 1.